The van der Waals surface area contributed by atoms with Gasteiger partial charge < -0.3 is 4.74 Å². The minimum Gasteiger partial charge on any atom is -0.422 e. The first-order valence-corrected chi connectivity index (χ1v) is 9.16. The first-order chi connectivity index (χ1) is 14.1. The monoisotopic (exact) mass is 382 g/mol. The summed E-state index contributed by atoms with van der Waals surface area (Å²) in [4.78, 5) is 24.3. The number of hydrogen-bond acceptors (Lipinski definition) is 4. The van der Waals surface area contributed by atoms with Crippen LogP contribution < -0.4 is 4.74 Å². The maximum absolute atomic E-state index is 12.9. The van der Waals surface area contributed by atoms with E-state index in [1.165, 1.54) is 6.92 Å². The minimum atomic E-state index is -0.529. The number of Topliss-reactive ketones (excluding diaryl/α,β-unsaturated/α-hetero) is 1. The Morgan fingerprint density at radius 2 is 1.45 bits per heavy atom. The molecule has 5 heteroatoms. The number of carbonyl (C=O) groups is 2. The lowest BCUT2D eigenvalue weighted by Crippen LogP contribution is -2.14. The Labute approximate surface area is 168 Å². The van der Waals surface area contributed by atoms with Crippen molar-refractivity contribution in [2.45, 2.75) is 6.92 Å². The molecule has 0 saturated heterocycles. The molecule has 0 saturated carbocycles. The Bertz CT molecular complexity index is 1150. The molecule has 0 atom stereocenters. The Hall–Kier alpha value is -3.99. The summed E-state index contributed by atoms with van der Waals surface area (Å²) in [7, 11) is 0. The van der Waals surface area contributed by atoms with Crippen molar-refractivity contribution in [1.82, 2.24) is 9.78 Å². The van der Waals surface area contributed by atoms with E-state index in [0.29, 0.717) is 22.7 Å². The molecule has 1 aromatic heterocycles. The van der Waals surface area contributed by atoms with Crippen LogP contribution >= 0.6 is 0 Å². The van der Waals surface area contributed by atoms with E-state index in [0.717, 1.165) is 11.3 Å². The predicted molar refractivity (Wildman–Crippen MR) is 110 cm³/mol. The standard InChI is InChI=1S/C24H18N2O3/c1-17(27)18-12-14-21(15-13-18)29-24(28)23-16-22(19-8-4-2-5-9-19)25-26(23)20-10-6-3-7-11-20/h2-16H,1H3. The minimum absolute atomic E-state index is 0.0440. The number of ketones is 1. The quantitative estimate of drug-likeness (QED) is 0.278. The third-order valence-corrected chi connectivity index (χ3v) is 4.46. The number of hydrogen-bond donors (Lipinski definition) is 0. The van der Waals surface area contributed by atoms with Crippen LogP contribution in [0.5, 0.6) is 5.75 Å². The van der Waals surface area contributed by atoms with Gasteiger partial charge in [0.25, 0.3) is 0 Å². The first kappa shape index (κ1) is 18.4. The number of esters is 1. The molecule has 0 spiro atoms. The zero-order chi connectivity index (χ0) is 20.2. The van der Waals surface area contributed by atoms with Gasteiger partial charge in [0.1, 0.15) is 5.75 Å². The second kappa shape index (κ2) is 7.94. The van der Waals surface area contributed by atoms with E-state index in [-0.39, 0.29) is 5.78 Å². The van der Waals surface area contributed by atoms with Gasteiger partial charge in [-0.2, -0.15) is 5.10 Å². The Morgan fingerprint density at radius 3 is 2.07 bits per heavy atom. The fraction of sp³-hybridized carbons (Fsp3) is 0.0417. The number of aromatic nitrogens is 2. The fourth-order valence-electron chi connectivity index (χ4n) is 2.96. The topological polar surface area (TPSA) is 61.2 Å². The third-order valence-electron chi connectivity index (χ3n) is 4.46. The molecule has 0 bridgehead atoms. The zero-order valence-electron chi connectivity index (χ0n) is 15.8. The van der Waals surface area contributed by atoms with Crippen molar-refractivity contribution < 1.29 is 14.3 Å². The predicted octanol–water partition coefficient (Wildman–Crippen LogP) is 4.96. The van der Waals surface area contributed by atoms with Crippen molar-refractivity contribution in [3.05, 3.63) is 102 Å². The molecule has 4 aromatic rings. The van der Waals surface area contributed by atoms with Crippen LogP contribution in [0.3, 0.4) is 0 Å². The molecule has 0 fully saturated rings. The van der Waals surface area contributed by atoms with Gasteiger partial charge in [-0.25, -0.2) is 9.48 Å². The first-order valence-electron chi connectivity index (χ1n) is 9.16. The van der Waals surface area contributed by atoms with Crippen LogP contribution in [0.1, 0.15) is 27.8 Å². The molecule has 0 aliphatic carbocycles. The second-order valence-corrected chi connectivity index (χ2v) is 6.50. The van der Waals surface area contributed by atoms with Crippen LogP contribution in [0.4, 0.5) is 0 Å². The van der Waals surface area contributed by atoms with Gasteiger partial charge in [0, 0.05) is 11.1 Å². The number of carbonyl (C=O) groups excluding carboxylic acids is 2. The van der Waals surface area contributed by atoms with E-state index in [9.17, 15) is 9.59 Å². The molecular formula is C24H18N2O3. The van der Waals surface area contributed by atoms with Crippen LogP contribution in [0.25, 0.3) is 16.9 Å². The summed E-state index contributed by atoms with van der Waals surface area (Å²) in [6.45, 7) is 1.49. The highest BCUT2D eigenvalue weighted by Gasteiger charge is 2.19. The maximum Gasteiger partial charge on any atom is 0.362 e. The molecule has 0 aliphatic rings. The van der Waals surface area contributed by atoms with Crippen LogP contribution in [0, 0.1) is 0 Å². The average Bonchev–Trinajstić information content (AvgIpc) is 3.21. The summed E-state index contributed by atoms with van der Waals surface area (Å²) in [5, 5.41) is 4.62. The molecule has 0 unspecified atom stereocenters. The van der Waals surface area contributed by atoms with Gasteiger partial charge in [-0.1, -0.05) is 48.5 Å². The van der Waals surface area contributed by atoms with E-state index < -0.39 is 5.97 Å². The fourth-order valence-corrected chi connectivity index (χ4v) is 2.96. The van der Waals surface area contributed by atoms with Gasteiger partial charge in [0.15, 0.2) is 11.5 Å². The highest BCUT2D eigenvalue weighted by molar-refractivity contribution is 5.94. The van der Waals surface area contributed by atoms with Crippen LogP contribution in [-0.2, 0) is 0 Å². The Kier molecular flexibility index (Phi) is 5.03. The van der Waals surface area contributed by atoms with E-state index in [4.69, 9.17) is 4.74 Å². The third kappa shape index (κ3) is 3.99. The molecule has 5 nitrogen and oxygen atoms in total. The number of para-hydroxylation sites is 1. The summed E-state index contributed by atoms with van der Waals surface area (Å²) in [5.74, 6) is -0.210. The Morgan fingerprint density at radius 1 is 0.828 bits per heavy atom. The van der Waals surface area contributed by atoms with Gasteiger partial charge in [0.05, 0.1) is 11.4 Å². The van der Waals surface area contributed by atoms with Gasteiger partial charge >= 0.3 is 5.97 Å². The van der Waals surface area contributed by atoms with Crippen LogP contribution in [0.2, 0.25) is 0 Å². The van der Waals surface area contributed by atoms with Crippen molar-refractivity contribution in [3.8, 4) is 22.7 Å². The normalized spacial score (nSPS) is 10.5. The number of nitrogens with zero attached hydrogens (tertiary/aromatic N) is 2. The summed E-state index contributed by atoms with van der Waals surface area (Å²) in [6, 6.07) is 27.3. The smallest absolute Gasteiger partial charge is 0.362 e. The summed E-state index contributed by atoms with van der Waals surface area (Å²) in [6.07, 6.45) is 0. The summed E-state index contributed by atoms with van der Waals surface area (Å²) < 4.78 is 7.11. The molecule has 142 valence electrons. The molecule has 0 N–H and O–H groups in total. The van der Waals surface area contributed by atoms with Crippen molar-refractivity contribution in [2.24, 2.45) is 0 Å². The van der Waals surface area contributed by atoms with E-state index in [2.05, 4.69) is 5.10 Å². The summed E-state index contributed by atoms with van der Waals surface area (Å²) >= 11 is 0. The SMILES string of the molecule is CC(=O)c1ccc(OC(=O)c2cc(-c3ccccc3)nn2-c2ccccc2)cc1. The van der Waals surface area contributed by atoms with Crippen LogP contribution in [0.15, 0.2) is 91.0 Å². The highest BCUT2D eigenvalue weighted by atomic mass is 16.5. The zero-order valence-corrected chi connectivity index (χ0v) is 15.8. The van der Waals surface area contributed by atoms with E-state index in [1.54, 1.807) is 35.0 Å². The lowest BCUT2D eigenvalue weighted by Gasteiger charge is -2.08. The van der Waals surface area contributed by atoms with Gasteiger partial charge in [-0.15, -0.1) is 0 Å². The highest BCUT2D eigenvalue weighted by Crippen LogP contribution is 2.23. The lowest BCUT2D eigenvalue weighted by atomic mass is 10.1. The molecule has 4 rings (SSSR count). The molecule has 3 aromatic carbocycles. The average molecular weight is 382 g/mol. The second-order valence-electron chi connectivity index (χ2n) is 6.50. The number of benzene rings is 3. The van der Waals surface area contributed by atoms with Crippen molar-refractivity contribution >= 4 is 11.8 Å². The van der Waals surface area contributed by atoms with Gasteiger partial charge in [-0.3, -0.25) is 4.79 Å². The van der Waals surface area contributed by atoms with E-state index in [1.807, 2.05) is 60.7 Å². The molecule has 0 radical (unpaired) electrons. The van der Waals surface area contributed by atoms with Crippen molar-refractivity contribution in [1.29, 1.82) is 0 Å². The largest absolute Gasteiger partial charge is 0.422 e. The van der Waals surface area contributed by atoms with Crippen molar-refractivity contribution in [2.75, 3.05) is 0 Å². The molecule has 0 aliphatic heterocycles. The van der Waals surface area contributed by atoms with Crippen LogP contribution in [-0.4, -0.2) is 21.5 Å². The molecule has 0 amide bonds. The number of ether oxygens (including phenoxy) is 1. The maximum atomic E-state index is 12.9. The molecule has 29 heavy (non-hydrogen) atoms. The van der Waals surface area contributed by atoms with E-state index >= 15 is 0 Å². The summed E-state index contributed by atoms with van der Waals surface area (Å²) in [5.41, 5.74) is 3.21. The van der Waals surface area contributed by atoms with Gasteiger partial charge in [0.2, 0.25) is 0 Å². The number of rotatable bonds is 5. The Balaban J connectivity index is 1.70. The molecular weight excluding hydrogens is 364 g/mol. The lowest BCUT2D eigenvalue weighted by molar-refractivity contribution is 0.0725. The van der Waals surface area contributed by atoms with Crippen molar-refractivity contribution in [3.63, 3.8) is 0 Å². The molecule has 1 heterocycles. The van der Waals surface area contributed by atoms with Gasteiger partial charge in [-0.05, 0) is 49.4 Å².